The molecule has 7 nitrogen and oxygen atoms in total. The smallest absolute Gasteiger partial charge is 0.262 e. The van der Waals surface area contributed by atoms with Crippen LogP contribution in [0.2, 0.25) is 0 Å². The van der Waals surface area contributed by atoms with Crippen LogP contribution >= 0.6 is 0 Å². The van der Waals surface area contributed by atoms with Gasteiger partial charge in [0, 0.05) is 12.6 Å². The van der Waals surface area contributed by atoms with Crippen molar-refractivity contribution in [2.45, 2.75) is 26.1 Å². The number of hydrogen-bond acceptors (Lipinski definition) is 5. The summed E-state index contributed by atoms with van der Waals surface area (Å²) in [7, 11) is 3.05. The molecule has 1 aromatic heterocycles. The number of aromatic nitrogens is 2. The van der Waals surface area contributed by atoms with Gasteiger partial charge in [0.2, 0.25) is 5.91 Å². The summed E-state index contributed by atoms with van der Waals surface area (Å²) in [6.07, 6.45) is 0. The lowest BCUT2D eigenvalue weighted by Gasteiger charge is -2.33. The van der Waals surface area contributed by atoms with Crippen LogP contribution in [0.5, 0.6) is 11.5 Å². The first-order valence-corrected chi connectivity index (χ1v) is 9.03. The highest BCUT2D eigenvalue weighted by Crippen LogP contribution is 2.31. The van der Waals surface area contributed by atoms with E-state index in [2.05, 4.69) is 4.98 Å². The van der Waals surface area contributed by atoms with Gasteiger partial charge in [0.15, 0.2) is 11.5 Å². The molecule has 2 aromatic carbocycles. The van der Waals surface area contributed by atoms with Crippen LogP contribution in [0.15, 0.2) is 47.3 Å². The zero-order valence-corrected chi connectivity index (χ0v) is 16.0. The van der Waals surface area contributed by atoms with Crippen LogP contribution < -0.4 is 15.0 Å². The maximum absolute atomic E-state index is 13.1. The van der Waals surface area contributed by atoms with Crippen LogP contribution in [0.25, 0.3) is 10.9 Å². The van der Waals surface area contributed by atoms with E-state index in [1.807, 2.05) is 30.3 Å². The molecule has 0 spiro atoms. The second-order valence-electron chi connectivity index (χ2n) is 6.78. The molecular weight excluding hydrogens is 358 g/mol. The fraction of sp³-hybridized carbons (Fsp3) is 0.286. The number of benzene rings is 2. The number of carbonyl (C=O) groups excluding carboxylic acids is 1. The Kier molecular flexibility index (Phi) is 4.50. The van der Waals surface area contributed by atoms with E-state index in [0.29, 0.717) is 34.8 Å². The van der Waals surface area contributed by atoms with Crippen molar-refractivity contribution in [3.05, 3.63) is 64.2 Å². The van der Waals surface area contributed by atoms with Crippen molar-refractivity contribution in [1.82, 2.24) is 14.5 Å². The van der Waals surface area contributed by atoms with Gasteiger partial charge in [0.25, 0.3) is 5.56 Å². The second kappa shape index (κ2) is 6.99. The first-order chi connectivity index (χ1) is 13.5. The van der Waals surface area contributed by atoms with Crippen molar-refractivity contribution in [2.75, 3.05) is 14.2 Å². The number of hydrogen-bond donors (Lipinski definition) is 0. The van der Waals surface area contributed by atoms with Gasteiger partial charge in [-0.15, -0.1) is 0 Å². The third-order valence-electron chi connectivity index (χ3n) is 5.08. The van der Waals surface area contributed by atoms with Gasteiger partial charge in [0.1, 0.15) is 11.9 Å². The highest BCUT2D eigenvalue weighted by molar-refractivity contribution is 5.85. The average molecular weight is 379 g/mol. The second-order valence-corrected chi connectivity index (χ2v) is 6.78. The van der Waals surface area contributed by atoms with Crippen LogP contribution in [0, 0.1) is 0 Å². The molecule has 1 aliphatic rings. The molecule has 1 aliphatic heterocycles. The average Bonchev–Trinajstić information content (AvgIpc) is 2.71. The van der Waals surface area contributed by atoms with Gasteiger partial charge in [0.05, 0.1) is 31.7 Å². The third-order valence-corrected chi connectivity index (χ3v) is 5.08. The summed E-state index contributed by atoms with van der Waals surface area (Å²) in [5.41, 5.74) is 1.31. The highest BCUT2D eigenvalue weighted by Gasteiger charge is 2.32. The Morgan fingerprint density at radius 3 is 2.43 bits per heavy atom. The van der Waals surface area contributed by atoms with E-state index in [-0.39, 0.29) is 18.0 Å². The molecule has 144 valence electrons. The van der Waals surface area contributed by atoms with Crippen LogP contribution in [-0.4, -0.2) is 34.6 Å². The van der Waals surface area contributed by atoms with E-state index in [1.165, 1.54) is 18.8 Å². The largest absolute Gasteiger partial charge is 0.493 e. The molecule has 0 radical (unpaired) electrons. The van der Waals surface area contributed by atoms with Crippen LogP contribution in [0.1, 0.15) is 24.4 Å². The molecule has 28 heavy (non-hydrogen) atoms. The number of methoxy groups -OCH3 is 2. The number of nitrogens with zero attached hydrogens (tertiary/aromatic N) is 3. The zero-order chi connectivity index (χ0) is 19.8. The predicted octanol–water partition coefficient (Wildman–Crippen LogP) is 2.52. The molecule has 1 atom stereocenters. The van der Waals surface area contributed by atoms with Gasteiger partial charge < -0.3 is 14.4 Å². The predicted molar refractivity (Wildman–Crippen MR) is 105 cm³/mol. The van der Waals surface area contributed by atoms with Gasteiger partial charge in [-0.05, 0) is 18.6 Å². The summed E-state index contributed by atoms with van der Waals surface area (Å²) in [4.78, 5) is 32.4. The lowest BCUT2D eigenvalue weighted by atomic mass is 10.1. The summed E-state index contributed by atoms with van der Waals surface area (Å²) in [6, 6.07) is 12.5. The maximum atomic E-state index is 13.1. The normalized spacial score (nSPS) is 16.2. The SMILES string of the molecule is COc1cc2nc3n(c(=O)c2cc1OC)[C@@H](C)C(=O)N(Cc1ccccc1)C3. The number of ether oxygens (including phenoxy) is 2. The minimum atomic E-state index is -0.620. The minimum Gasteiger partial charge on any atom is -0.493 e. The van der Waals surface area contributed by atoms with Gasteiger partial charge in [-0.2, -0.15) is 0 Å². The highest BCUT2D eigenvalue weighted by atomic mass is 16.5. The number of amides is 1. The summed E-state index contributed by atoms with van der Waals surface area (Å²) in [5.74, 6) is 1.43. The molecule has 0 unspecified atom stereocenters. The Labute approximate surface area is 162 Å². The summed E-state index contributed by atoms with van der Waals surface area (Å²) < 4.78 is 12.1. The molecule has 0 aliphatic carbocycles. The van der Waals surface area contributed by atoms with Crippen LogP contribution in [0.3, 0.4) is 0 Å². The standard InChI is InChI=1S/C21H21N3O4/c1-13-20(25)23(11-14-7-5-4-6-8-14)12-19-22-16-10-18(28-3)17(27-2)9-15(16)21(26)24(13)19/h4-10,13H,11-12H2,1-3H3/t13-/m0/s1. The molecule has 0 N–H and O–H groups in total. The first kappa shape index (κ1) is 18.0. The van der Waals surface area contributed by atoms with Crippen molar-refractivity contribution in [2.24, 2.45) is 0 Å². The van der Waals surface area contributed by atoms with E-state index in [1.54, 1.807) is 24.0 Å². The third kappa shape index (κ3) is 2.89. The van der Waals surface area contributed by atoms with Gasteiger partial charge in [-0.3, -0.25) is 14.2 Å². The van der Waals surface area contributed by atoms with Crippen molar-refractivity contribution in [1.29, 1.82) is 0 Å². The van der Waals surface area contributed by atoms with Gasteiger partial charge in [-0.25, -0.2) is 4.98 Å². The number of fused-ring (bicyclic) bond motifs is 2. The van der Waals surface area contributed by atoms with Crippen LogP contribution in [0.4, 0.5) is 0 Å². The molecule has 2 heterocycles. The first-order valence-electron chi connectivity index (χ1n) is 9.03. The quantitative estimate of drug-likeness (QED) is 0.696. The van der Waals surface area contributed by atoms with E-state index in [4.69, 9.17) is 9.47 Å². The van der Waals surface area contributed by atoms with E-state index in [9.17, 15) is 9.59 Å². The Balaban J connectivity index is 1.82. The lowest BCUT2D eigenvalue weighted by Crippen LogP contribution is -2.46. The summed E-state index contributed by atoms with van der Waals surface area (Å²) in [5, 5.41) is 0.401. The molecule has 3 aromatic rings. The molecule has 4 rings (SSSR count). The summed E-state index contributed by atoms with van der Waals surface area (Å²) >= 11 is 0. The van der Waals surface area contributed by atoms with Gasteiger partial charge >= 0.3 is 0 Å². The van der Waals surface area contributed by atoms with Gasteiger partial charge in [-0.1, -0.05) is 30.3 Å². The molecule has 0 saturated carbocycles. The van der Waals surface area contributed by atoms with Crippen molar-refractivity contribution in [3.63, 3.8) is 0 Å². The monoisotopic (exact) mass is 379 g/mol. The van der Waals surface area contributed by atoms with Crippen molar-refractivity contribution in [3.8, 4) is 11.5 Å². The number of rotatable bonds is 4. The molecular formula is C21H21N3O4. The van der Waals surface area contributed by atoms with E-state index >= 15 is 0 Å². The van der Waals surface area contributed by atoms with Crippen molar-refractivity contribution < 1.29 is 14.3 Å². The molecule has 0 fully saturated rings. The lowest BCUT2D eigenvalue weighted by molar-refractivity contribution is -0.137. The fourth-order valence-electron chi connectivity index (χ4n) is 3.64. The van der Waals surface area contributed by atoms with E-state index in [0.717, 1.165) is 5.56 Å². The topological polar surface area (TPSA) is 73.7 Å². The molecule has 1 amide bonds. The Morgan fingerprint density at radius 1 is 1.07 bits per heavy atom. The Morgan fingerprint density at radius 2 is 1.75 bits per heavy atom. The Hall–Kier alpha value is -3.35. The fourth-order valence-corrected chi connectivity index (χ4v) is 3.64. The Bertz CT molecular complexity index is 1110. The molecule has 0 bridgehead atoms. The van der Waals surface area contributed by atoms with Crippen molar-refractivity contribution >= 4 is 16.8 Å². The maximum Gasteiger partial charge on any atom is 0.262 e. The zero-order valence-electron chi connectivity index (χ0n) is 16.0. The van der Waals surface area contributed by atoms with E-state index < -0.39 is 6.04 Å². The number of carbonyl (C=O) groups is 1. The summed E-state index contributed by atoms with van der Waals surface area (Å²) in [6.45, 7) is 2.49. The molecule has 7 heteroatoms. The molecule has 0 saturated heterocycles. The van der Waals surface area contributed by atoms with Crippen LogP contribution in [-0.2, 0) is 17.9 Å². The minimum absolute atomic E-state index is 0.0971.